The fourth-order valence-electron chi connectivity index (χ4n) is 3.17. The number of ether oxygens (including phenoxy) is 1. The minimum Gasteiger partial charge on any atom is -0.492 e. The standard InChI is InChI=1S/C22H25FN4O2S/c1-3-8-29-19-13-24-6-4-15(19)12-26-18-5-7-25-21(28)20(18)22(30)27-17-10-14(2)9-16(23)11-17/h4,6,9-11,13,26H,3,5,7-8,12H2,1-2H3,(H,25,28)(H,27,30). The molecule has 2 aromatic rings. The number of carbonyl (C=O) groups is 1. The first-order valence-corrected chi connectivity index (χ1v) is 10.3. The zero-order chi connectivity index (χ0) is 21.5. The molecular weight excluding hydrogens is 403 g/mol. The van der Waals surface area contributed by atoms with Crippen LogP contribution in [0.3, 0.4) is 0 Å². The Labute approximate surface area is 180 Å². The molecule has 1 aliphatic rings. The topological polar surface area (TPSA) is 75.3 Å². The molecule has 0 saturated carbocycles. The van der Waals surface area contributed by atoms with E-state index in [1.807, 2.05) is 13.0 Å². The van der Waals surface area contributed by atoms with E-state index in [4.69, 9.17) is 17.0 Å². The summed E-state index contributed by atoms with van der Waals surface area (Å²) in [5, 5.41) is 9.14. The van der Waals surface area contributed by atoms with Crippen LogP contribution in [-0.2, 0) is 11.3 Å². The molecule has 1 amide bonds. The highest BCUT2D eigenvalue weighted by Crippen LogP contribution is 2.21. The minimum absolute atomic E-state index is 0.247. The number of amides is 1. The van der Waals surface area contributed by atoms with Crippen molar-refractivity contribution in [1.29, 1.82) is 0 Å². The van der Waals surface area contributed by atoms with E-state index >= 15 is 0 Å². The van der Waals surface area contributed by atoms with Crippen molar-refractivity contribution in [3.05, 3.63) is 64.9 Å². The average molecular weight is 429 g/mol. The number of benzene rings is 1. The van der Waals surface area contributed by atoms with E-state index in [-0.39, 0.29) is 16.7 Å². The van der Waals surface area contributed by atoms with Gasteiger partial charge in [-0.25, -0.2) is 4.39 Å². The summed E-state index contributed by atoms with van der Waals surface area (Å²) in [7, 11) is 0. The zero-order valence-electron chi connectivity index (χ0n) is 17.0. The van der Waals surface area contributed by atoms with Crippen LogP contribution in [0.5, 0.6) is 5.75 Å². The summed E-state index contributed by atoms with van der Waals surface area (Å²) in [5.74, 6) is 0.0924. The monoisotopic (exact) mass is 428 g/mol. The van der Waals surface area contributed by atoms with Crippen molar-refractivity contribution in [2.45, 2.75) is 33.2 Å². The molecule has 0 saturated heterocycles. The number of hydrogen-bond acceptors (Lipinski definition) is 5. The summed E-state index contributed by atoms with van der Waals surface area (Å²) in [4.78, 5) is 16.9. The van der Waals surface area contributed by atoms with E-state index in [2.05, 4.69) is 20.9 Å². The van der Waals surface area contributed by atoms with Crippen LogP contribution in [0.2, 0.25) is 0 Å². The highest BCUT2D eigenvalue weighted by Gasteiger charge is 2.24. The fraction of sp³-hybridized carbons (Fsp3) is 0.318. The quantitative estimate of drug-likeness (QED) is 0.558. The Bertz CT molecular complexity index is 957. The number of anilines is 1. The molecule has 158 valence electrons. The number of hydrogen-bond donors (Lipinski definition) is 3. The van der Waals surface area contributed by atoms with Gasteiger partial charge in [0.25, 0.3) is 5.91 Å². The molecule has 0 bridgehead atoms. The molecule has 8 heteroatoms. The molecule has 0 radical (unpaired) electrons. The van der Waals surface area contributed by atoms with Gasteiger partial charge < -0.3 is 20.7 Å². The molecule has 1 aromatic heterocycles. The molecular formula is C22H25FN4O2S. The number of carbonyl (C=O) groups excluding carboxylic acids is 1. The number of pyridine rings is 1. The maximum Gasteiger partial charge on any atom is 0.256 e. The summed E-state index contributed by atoms with van der Waals surface area (Å²) < 4.78 is 19.5. The van der Waals surface area contributed by atoms with Crippen molar-refractivity contribution in [2.24, 2.45) is 0 Å². The highest BCUT2D eigenvalue weighted by atomic mass is 32.1. The second-order valence-electron chi connectivity index (χ2n) is 7.02. The third-order valence-corrected chi connectivity index (χ3v) is 4.85. The smallest absolute Gasteiger partial charge is 0.256 e. The normalized spacial score (nSPS) is 13.6. The Balaban J connectivity index is 1.79. The summed E-state index contributed by atoms with van der Waals surface area (Å²) in [6.07, 6.45) is 4.91. The van der Waals surface area contributed by atoms with Crippen molar-refractivity contribution in [1.82, 2.24) is 15.6 Å². The molecule has 3 N–H and O–H groups in total. The third kappa shape index (κ3) is 5.54. The molecule has 3 rings (SSSR count). The van der Waals surface area contributed by atoms with Gasteiger partial charge in [-0.2, -0.15) is 0 Å². The van der Waals surface area contributed by atoms with E-state index in [0.29, 0.717) is 43.1 Å². The predicted octanol–water partition coefficient (Wildman–Crippen LogP) is 3.62. The Morgan fingerprint density at radius 2 is 2.20 bits per heavy atom. The number of nitrogens with zero attached hydrogens (tertiary/aromatic N) is 1. The first kappa shape index (κ1) is 21.7. The lowest BCUT2D eigenvalue weighted by atomic mass is 10.1. The van der Waals surface area contributed by atoms with Crippen LogP contribution in [0.25, 0.3) is 0 Å². The molecule has 6 nitrogen and oxygen atoms in total. The SMILES string of the molecule is CCCOc1cnccc1CNC1=C(C(=S)Nc2cc(C)cc(F)c2)C(=O)NCC1. The largest absolute Gasteiger partial charge is 0.492 e. The molecule has 1 aromatic carbocycles. The second-order valence-corrected chi connectivity index (χ2v) is 7.42. The molecule has 1 aliphatic heterocycles. The van der Waals surface area contributed by atoms with Gasteiger partial charge in [-0.1, -0.05) is 19.1 Å². The van der Waals surface area contributed by atoms with E-state index in [1.165, 1.54) is 12.1 Å². The highest BCUT2D eigenvalue weighted by molar-refractivity contribution is 7.81. The first-order valence-electron chi connectivity index (χ1n) is 9.87. The Morgan fingerprint density at radius 1 is 1.37 bits per heavy atom. The lowest BCUT2D eigenvalue weighted by molar-refractivity contribution is -0.117. The van der Waals surface area contributed by atoms with E-state index in [0.717, 1.165) is 23.2 Å². The van der Waals surface area contributed by atoms with Gasteiger partial charge >= 0.3 is 0 Å². The molecule has 0 aliphatic carbocycles. The van der Waals surface area contributed by atoms with Gasteiger partial charge in [-0.15, -0.1) is 0 Å². The van der Waals surface area contributed by atoms with E-state index in [1.54, 1.807) is 25.4 Å². The lowest BCUT2D eigenvalue weighted by Crippen LogP contribution is -2.39. The van der Waals surface area contributed by atoms with Gasteiger partial charge in [0.1, 0.15) is 16.6 Å². The van der Waals surface area contributed by atoms with E-state index < -0.39 is 0 Å². The van der Waals surface area contributed by atoms with Crippen LogP contribution in [-0.4, -0.2) is 29.0 Å². The Kier molecular flexibility index (Phi) is 7.35. The van der Waals surface area contributed by atoms with Crippen molar-refractivity contribution >= 4 is 28.8 Å². The van der Waals surface area contributed by atoms with Gasteiger partial charge in [0.15, 0.2) is 0 Å². The van der Waals surface area contributed by atoms with Crippen LogP contribution < -0.4 is 20.7 Å². The van der Waals surface area contributed by atoms with Crippen LogP contribution in [0, 0.1) is 12.7 Å². The summed E-state index contributed by atoms with van der Waals surface area (Å²) in [5.41, 5.74) is 3.31. The number of rotatable bonds is 8. The van der Waals surface area contributed by atoms with Crippen molar-refractivity contribution in [2.75, 3.05) is 18.5 Å². The molecule has 0 unspecified atom stereocenters. The minimum atomic E-state index is -0.363. The number of aromatic nitrogens is 1. The van der Waals surface area contributed by atoms with E-state index in [9.17, 15) is 9.18 Å². The van der Waals surface area contributed by atoms with Crippen molar-refractivity contribution in [3.8, 4) is 5.75 Å². The summed E-state index contributed by atoms with van der Waals surface area (Å²) >= 11 is 5.48. The maximum atomic E-state index is 13.7. The first-order chi connectivity index (χ1) is 14.5. The number of thiocarbonyl (C=S) groups is 1. The molecule has 30 heavy (non-hydrogen) atoms. The zero-order valence-corrected chi connectivity index (χ0v) is 17.9. The molecule has 2 heterocycles. The molecule has 0 atom stereocenters. The van der Waals surface area contributed by atoms with Crippen molar-refractivity contribution < 1.29 is 13.9 Å². The van der Waals surface area contributed by atoms with Crippen LogP contribution >= 0.6 is 12.2 Å². The van der Waals surface area contributed by atoms with Gasteiger partial charge in [0.05, 0.1) is 18.4 Å². The number of nitrogens with one attached hydrogen (secondary N) is 3. The number of aryl methyl sites for hydroxylation is 1. The second kappa shape index (κ2) is 10.2. The average Bonchev–Trinajstić information content (AvgIpc) is 2.70. The third-order valence-electron chi connectivity index (χ3n) is 4.54. The molecule has 0 fully saturated rings. The maximum absolute atomic E-state index is 13.7. The Hall–Kier alpha value is -3.00. The number of halogens is 1. The van der Waals surface area contributed by atoms with Crippen LogP contribution in [0.4, 0.5) is 10.1 Å². The van der Waals surface area contributed by atoms with Gasteiger partial charge in [0.2, 0.25) is 0 Å². The van der Waals surface area contributed by atoms with Crippen LogP contribution in [0.15, 0.2) is 47.9 Å². The van der Waals surface area contributed by atoms with Crippen LogP contribution in [0.1, 0.15) is 30.9 Å². The predicted molar refractivity (Wildman–Crippen MR) is 119 cm³/mol. The van der Waals surface area contributed by atoms with Gasteiger partial charge in [-0.3, -0.25) is 9.78 Å². The lowest BCUT2D eigenvalue weighted by Gasteiger charge is -2.23. The summed E-state index contributed by atoms with van der Waals surface area (Å²) in [6.45, 7) is 5.43. The summed E-state index contributed by atoms with van der Waals surface area (Å²) in [6, 6.07) is 6.44. The van der Waals surface area contributed by atoms with Gasteiger partial charge in [-0.05, 0) is 43.2 Å². The fourth-order valence-corrected chi connectivity index (χ4v) is 3.50. The molecule has 0 spiro atoms. The Morgan fingerprint density at radius 3 is 2.97 bits per heavy atom. The van der Waals surface area contributed by atoms with Crippen molar-refractivity contribution in [3.63, 3.8) is 0 Å². The van der Waals surface area contributed by atoms with Gasteiger partial charge in [0, 0.05) is 42.7 Å².